The van der Waals surface area contributed by atoms with Gasteiger partial charge in [-0.05, 0) is 12.8 Å². The van der Waals surface area contributed by atoms with Crippen LogP contribution in [0.2, 0.25) is 0 Å². The molecule has 0 saturated heterocycles. The first-order valence-corrected chi connectivity index (χ1v) is 7.86. The van der Waals surface area contributed by atoms with E-state index >= 15 is 0 Å². The van der Waals surface area contributed by atoms with Crippen molar-refractivity contribution in [3.05, 3.63) is 0 Å². The Hall–Kier alpha value is 0.160. The Morgan fingerprint density at radius 1 is 1.19 bits per heavy atom. The summed E-state index contributed by atoms with van der Waals surface area (Å²) in [6, 6.07) is 0. The van der Waals surface area contributed by atoms with Crippen molar-refractivity contribution >= 4 is 19.7 Å². The first-order chi connectivity index (χ1) is 7.39. The summed E-state index contributed by atoms with van der Waals surface area (Å²) in [5.74, 6) is -0.0401. The number of hydrogen-bond acceptors (Lipinski definition) is 4. The summed E-state index contributed by atoms with van der Waals surface area (Å²) >= 11 is 0. The van der Waals surface area contributed by atoms with Gasteiger partial charge in [0, 0.05) is 23.2 Å². The Bertz CT molecular complexity index is 273. The van der Waals surface area contributed by atoms with Gasteiger partial charge in [-0.3, -0.25) is 0 Å². The molecule has 0 aliphatic heterocycles. The van der Waals surface area contributed by atoms with Gasteiger partial charge in [-0.1, -0.05) is 13.8 Å². The Kier molecular flexibility index (Phi) is 7.55. The van der Waals surface area contributed by atoms with Crippen molar-refractivity contribution in [2.45, 2.75) is 26.7 Å². The van der Waals surface area contributed by atoms with E-state index in [1.165, 1.54) is 0 Å². The lowest BCUT2D eigenvalue weighted by atomic mass is 9.85. The number of halogens is 1. The average molecular weight is 273 g/mol. The lowest BCUT2D eigenvalue weighted by Crippen LogP contribution is -2.33. The van der Waals surface area contributed by atoms with Gasteiger partial charge in [0.05, 0.1) is 25.6 Å². The topological polar surface area (TPSA) is 52.6 Å². The Balaban J connectivity index is 4.33. The second-order valence-corrected chi connectivity index (χ2v) is 6.71. The quantitative estimate of drug-likeness (QED) is 0.476. The third-order valence-electron chi connectivity index (χ3n) is 2.82. The minimum Gasteiger partial charge on any atom is -0.382 e. The molecule has 0 aliphatic rings. The van der Waals surface area contributed by atoms with E-state index in [-0.39, 0.29) is 11.2 Å². The maximum absolute atomic E-state index is 11.1. The zero-order chi connectivity index (χ0) is 12.7. The van der Waals surface area contributed by atoms with Crippen LogP contribution >= 0.6 is 10.7 Å². The monoisotopic (exact) mass is 272 g/mol. The lowest BCUT2D eigenvalue weighted by Gasteiger charge is -2.29. The van der Waals surface area contributed by atoms with Crippen molar-refractivity contribution in [2.75, 3.05) is 32.7 Å². The SMILES string of the molecule is CCC(CC)(COCCOC)CS(=O)(=O)Cl. The van der Waals surface area contributed by atoms with Crippen LogP contribution < -0.4 is 0 Å². The number of ether oxygens (including phenoxy) is 2. The first-order valence-electron chi connectivity index (χ1n) is 5.38. The molecular weight excluding hydrogens is 252 g/mol. The molecule has 0 radical (unpaired) electrons. The Morgan fingerprint density at radius 3 is 2.12 bits per heavy atom. The molecule has 98 valence electrons. The van der Waals surface area contributed by atoms with E-state index in [0.29, 0.717) is 19.8 Å². The maximum atomic E-state index is 11.1. The molecule has 0 aromatic rings. The minimum atomic E-state index is -3.49. The van der Waals surface area contributed by atoms with Crippen LogP contribution in [0.3, 0.4) is 0 Å². The summed E-state index contributed by atoms with van der Waals surface area (Å²) in [5, 5.41) is 0. The number of methoxy groups -OCH3 is 1. The summed E-state index contributed by atoms with van der Waals surface area (Å²) in [4.78, 5) is 0. The third kappa shape index (κ3) is 6.68. The van der Waals surface area contributed by atoms with Crippen LogP contribution in [0.5, 0.6) is 0 Å². The minimum absolute atomic E-state index is 0.0401. The fraction of sp³-hybridized carbons (Fsp3) is 1.00. The van der Waals surface area contributed by atoms with Gasteiger partial charge in [-0.2, -0.15) is 0 Å². The molecule has 0 spiro atoms. The van der Waals surface area contributed by atoms with Crippen molar-refractivity contribution in [1.82, 2.24) is 0 Å². The second-order valence-electron chi connectivity index (χ2n) is 3.94. The van der Waals surface area contributed by atoms with Gasteiger partial charge in [-0.25, -0.2) is 8.42 Å². The van der Waals surface area contributed by atoms with Gasteiger partial charge in [0.2, 0.25) is 9.05 Å². The van der Waals surface area contributed by atoms with Crippen LogP contribution in [0.15, 0.2) is 0 Å². The van der Waals surface area contributed by atoms with Gasteiger partial charge in [0.25, 0.3) is 0 Å². The molecule has 0 fully saturated rings. The van der Waals surface area contributed by atoms with Gasteiger partial charge >= 0.3 is 0 Å². The van der Waals surface area contributed by atoms with E-state index in [0.717, 1.165) is 12.8 Å². The molecule has 0 amide bonds. The van der Waals surface area contributed by atoms with Crippen LogP contribution in [0.25, 0.3) is 0 Å². The molecule has 4 nitrogen and oxygen atoms in total. The van der Waals surface area contributed by atoms with Crippen molar-refractivity contribution in [3.8, 4) is 0 Å². The zero-order valence-electron chi connectivity index (χ0n) is 10.2. The molecule has 6 heteroatoms. The highest BCUT2D eigenvalue weighted by molar-refractivity contribution is 8.13. The average Bonchev–Trinajstić information content (AvgIpc) is 2.21. The van der Waals surface area contributed by atoms with E-state index in [4.69, 9.17) is 20.2 Å². The van der Waals surface area contributed by atoms with E-state index in [9.17, 15) is 8.42 Å². The largest absolute Gasteiger partial charge is 0.382 e. The van der Waals surface area contributed by atoms with E-state index in [1.54, 1.807) is 7.11 Å². The predicted molar refractivity (Wildman–Crippen MR) is 65.3 cm³/mol. The molecular formula is C10H21ClO4S. The summed E-state index contributed by atoms with van der Waals surface area (Å²) in [5.41, 5.74) is -0.381. The predicted octanol–water partition coefficient (Wildman–Crippen LogP) is 2.02. The fourth-order valence-corrected chi connectivity index (χ4v) is 3.41. The lowest BCUT2D eigenvalue weighted by molar-refractivity contribution is 0.0199. The van der Waals surface area contributed by atoms with Gasteiger partial charge in [0.15, 0.2) is 0 Å². The fourth-order valence-electron chi connectivity index (χ4n) is 1.50. The molecule has 0 heterocycles. The number of rotatable bonds is 9. The second kappa shape index (κ2) is 7.48. The highest BCUT2D eigenvalue weighted by Gasteiger charge is 2.31. The van der Waals surface area contributed by atoms with Crippen LogP contribution in [-0.2, 0) is 18.5 Å². The molecule has 0 aromatic heterocycles. The highest BCUT2D eigenvalue weighted by Crippen LogP contribution is 2.29. The van der Waals surface area contributed by atoms with E-state index in [2.05, 4.69) is 0 Å². The van der Waals surface area contributed by atoms with Gasteiger partial charge in [-0.15, -0.1) is 0 Å². The van der Waals surface area contributed by atoms with Crippen LogP contribution in [-0.4, -0.2) is 41.1 Å². The van der Waals surface area contributed by atoms with E-state index in [1.807, 2.05) is 13.8 Å². The molecule has 0 aliphatic carbocycles. The van der Waals surface area contributed by atoms with Gasteiger partial charge < -0.3 is 9.47 Å². The summed E-state index contributed by atoms with van der Waals surface area (Å²) in [7, 11) is 3.42. The molecule has 0 unspecified atom stereocenters. The normalized spacial score (nSPS) is 13.0. The maximum Gasteiger partial charge on any atom is 0.233 e. The zero-order valence-corrected chi connectivity index (χ0v) is 11.7. The molecule has 0 atom stereocenters. The molecule has 0 saturated carbocycles. The standard InChI is InChI=1S/C10H21ClO4S/c1-4-10(5-2,9-16(11,12)13)8-15-7-6-14-3/h4-9H2,1-3H3. The molecule has 0 bridgehead atoms. The Labute approximate surface area is 103 Å². The van der Waals surface area contributed by atoms with Crippen molar-refractivity contribution in [3.63, 3.8) is 0 Å². The molecule has 0 N–H and O–H groups in total. The van der Waals surface area contributed by atoms with Crippen molar-refractivity contribution in [1.29, 1.82) is 0 Å². The van der Waals surface area contributed by atoms with Crippen molar-refractivity contribution in [2.24, 2.45) is 5.41 Å². The molecule has 16 heavy (non-hydrogen) atoms. The van der Waals surface area contributed by atoms with E-state index < -0.39 is 9.05 Å². The van der Waals surface area contributed by atoms with Gasteiger partial charge in [0.1, 0.15) is 0 Å². The first kappa shape index (κ1) is 16.2. The molecule has 0 aromatic carbocycles. The molecule has 0 rings (SSSR count). The smallest absolute Gasteiger partial charge is 0.233 e. The van der Waals surface area contributed by atoms with Crippen molar-refractivity contribution < 1.29 is 17.9 Å². The summed E-state index contributed by atoms with van der Waals surface area (Å²) in [6.45, 7) is 5.28. The van der Waals surface area contributed by atoms with Crippen LogP contribution in [0.4, 0.5) is 0 Å². The number of hydrogen-bond donors (Lipinski definition) is 0. The Morgan fingerprint density at radius 2 is 1.75 bits per heavy atom. The van der Waals surface area contributed by atoms with Crippen LogP contribution in [0, 0.1) is 5.41 Å². The van der Waals surface area contributed by atoms with Crippen LogP contribution in [0.1, 0.15) is 26.7 Å². The third-order valence-corrected chi connectivity index (χ3v) is 4.10. The highest BCUT2D eigenvalue weighted by atomic mass is 35.7. The summed E-state index contributed by atoms with van der Waals surface area (Å²) < 4.78 is 32.6. The summed E-state index contributed by atoms with van der Waals surface area (Å²) in [6.07, 6.45) is 1.45.